The van der Waals surface area contributed by atoms with Crippen molar-refractivity contribution in [2.45, 2.75) is 35.8 Å². The average Bonchev–Trinajstić information content (AvgIpc) is 2.05. The molecule has 1 rings (SSSR count). The van der Waals surface area contributed by atoms with E-state index in [0.29, 0.717) is 0 Å². The first-order chi connectivity index (χ1) is 6.02. The van der Waals surface area contributed by atoms with Crippen molar-refractivity contribution in [3.05, 3.63) is 30.3 Å². The van der Waals surface area contributed by atoms with Crippen molar-refractivity contribution in [3.63, 3.8) is 0 Å². The third kappa shape index (κ3) is 3.24. The van der Waals surface area contributed by atoms with Crippen LogP contribution in [0.15, 0.2) is 35.2 Å². The smallest absolute Gasteiger partial charge is 0.0452 e. The molecule has 72 valence electrons. The van der Waals surface area contributed by atoms with Crippen molar-refractivity contribution in [1.29, 1.82) is 0 Å². The second-order valence-corrected chi connectivity index (χ2v) is 6.02. The van der Waals surface area contributed by atoms with Gasteiger partial charge in [0, 0.05) is 15.0 Å². The van der Waals surface area contributed by atoms with Gasteiger partial charge in [-0.05, 0) is 32.9 Å². The number of hydrogen-bond donors (Lipinski definition) is 0. The fraction of sp³-hybridized carbons (Fsp3) is 0.455. The van der Waals surface area contributed by atoms with Crippen molar-refractivity contribution in [2.75, 3.05) is 0 Å². The van der Waals surface area contributed by atoms with Gasteiger partial charge in [0.25, 0.3) is 0 Å². The fourth-order valence-electron chi connectivity index (χ4n) is 0.873. The zero-order valence-electron chi connectivity index (χ0n) is 8.25. The molecule has 2 heteroatoms. The Morgan fingerprint density at radius 3 is 2.23 bits per heavy atom. The molecule has 0 aromatic heterocycles. The molecule has 0 saturated carbocycles. The molecule has 0 amide bonds. The summed E-state index contributed by atoms with van der Waals surface area (Å²) >= 11 is 7.92. The molecule has 0 bridgehead atoms. The minimum Gasteiger partial charge on any atom is -0.122 e. The molecule has 1 atom stereocenters. The molecule has 0 saturated heterocycles. The molecule has 0 aliphatic carbocycles. The second-order valence-electron chi connectivity index (χ2n) is 3.63. The summed E-state index contributed by atoms with van der Waals surface area (Å²) in [5, 5.41) is 0.165. The summed E-state index contributed by atoms with van der Waals surface area (Å²) in [5.41, 5.74) is 0. The van der Waals surface area contributed by atoms with E-state index in [-0.39, 0.29) is 10.1 Å². The largest absolute Gasteiger partial charge is 0.122 e. The first kappa shape index (κ1) is 10.9. The lowest BCUT2D eigenvalue weighted by atomic mass is 10.1. The average molecular weight is 215 g/mol. The molecule has 1 unspecified atom stereocenters. The predicted octanol–water partition coefficient (Wildman–Crippen LogP) is 4.18. The zero-order chi connectivity index (χ0) is 9.90. The summed E-state index contributed by atoms with van der Waals surface area (Å²) in [6.07, 6.45) is 0. The van der Waals surface area contributed by atoms with E-state index in [4.69, 9.17) is 11.6 Å². The molecule has 0 fully saturated rings. The summed E-state index contributed by atoms with van der Waals surface area (Å²) in [7, 11) is 0. The molecule has 13 heavy (non-hydrogen) atoms. The molecular weight excluding hydrogens is 200 g/mol. The lowest BCUT2D eigenvalue weighted by Crippen LogP contribution is -2.25. The molecule has 0 spiro atoms. The Morgan fingerprint density at radius 1 is 1.23 bits per heavy atom. The number of halogens is 1. The number of benzene rings is 1. The summed E-state index contributed by atoms with van der Waals surface area (Å²) in [4.78, 5) is 1.28. The van der Waals surface area contributed by atoms with Gasteiger partial charge in [-0.15, -0.1) is 23.4 Å². The third-order valence-corrected chi connectivity index (χ3v) is 4.14. The SMILES string of the molecule is CC(Cl)C(C)(C)Sc1ccccc1. The van der Waals surface area contributed by atoms with Crippen LogP contribution in [0.2, 0.25) is 0 Å². The number of thioether (sulfide) groups is 1. The first-order valence-electron chi connectivity index (χ1n) is 4.40. The molecule has 0 heterocycles. The van der Waals surface area contributed by atoms with Crippen LogP contribution in [0.3, 0.4) is 0 Å². The molecule has 0 radical (unpaired) electrons. The van der Waals surface area contributed by atoms with Gasteiger partial charge in [-0.3, -0.25) is 0 Å². The quantitative estimate of drug-likeness (QED) is 0.537. The van der Waals surface area contributed by atoms with E-state index < -0.39 is 0 Å². The molecule has 1 aromatic rings. The number of rotatable bonds is 3. The monoisotopic (exact) mass is 214 g/mol. The van der Waals surface area contributed by atoms with Gasteiger partial charge in [0.15, 0.2) is 0 Å². The van der Waals surface area contributed by atoms with Crippen molar-refractivity contribution in [3.8, 4) is 0 Å². The van der Waals surface area contributed by atoms with Gasteiger partial charge in [-0.2, -0.15) is 0 Å². The summed E-state index contributed by atoms with van der Waals surface area (Å²) in [6, 6.07) is 10.4. The van der Waals surface area contributed by atoms with E-state index >= 15 is 0 Å². The van der Waals surface area contributed by atoms with Crippen LogP contribution in [0.4, 0.5) is 0 Å². The maximum absolute atomic E-state index is 6.10. The molecule has 1 aromatic carbocycles. The lowest BCUT2D eigenvalue weighted by Gasteiger charge is -2.26. The van der Waals surface area contributed by atoms with Crippen molar-refractivity contribution < 1.29 is 0 Å². The van der Waals surface area contributed by atoms with Crippen LogP contribution >= 0.6 is 23.4 Å². The Kier molecular flexibility index (Phi) is 3.69. The normalized spacial score (nSPS) is 14.2. The highest BCUT2D eigenvalue weighted by molar-refractivity contribution is 8.00. The Hall–Kier alpha value is -0.140. The summed E-state index contributed by atoms with van der Waals surface area (Å²) < 4.78 is 0.0862. The highest BCUT2D eigenvalue weighted by Gasteiger charge is 2.25. The van der Waals surface area contributed by atoms with Crippen LogP contribution in [-0.4, -0.2) is 10.1 Å². The van der Waals surface area contributed by atoms with E-state index in [1.165, 1.54) is 4.90 Å². The maximum Gasteiger partial charge on any atom is 0.0452 e. The third-order valence-electron chi connectivity index (χ3n) is 2.08. The van der Waals surface area contributed by atoms with Gasteiger partial charge in [-0.1, -0.05) is 18.2 Å². The topological polar surface area (TPSA) is 0 Å². The van der Waals surface area contributed by atoms with Gasteiger partial charge in [-0.25, -0.2) is 0 Å². The van der Waals surface area contributed by atoms with E-state index in [9.17, 15) is 0 Å². The molecule has 0 nitrogen and oxygen atoms in total. The Morgan fingerprint density at radius 2 is 1.77 bits per heavy atom. The number of alkyl halides is 1. The van der Waals surface area contributed by atoms with E-state index in [0.717, 1.165) is 0 Å². The molecule has 0 aliphatic heterocycles. The van der Waals surface area contributed by atoms with Gasteiger partial charge < -0.3 is 0 Å². The van der Waals surface area contributed by atoms with E-state index in [1.54, 1.807) is 0 Å². The highest BCUT2D eigenvalue weighted by Crippen LogP contribution is 2.36. The van der Waals surface area contributed by atoms with Crippen LogP contribution < -0.4 is 0 Å². The van der Waals surface area contributed by atoms with Gasteiger partial charge in [0.1, 0.15) is 0 Å². The maximum atomic E-state index is 6.10. The lowest BCUT2D eigenvalue weighted by molar-refractivity contribution is 0.693. The van der Waals surface area contributed by atoms with Crippen molar-refractivity contribution >= 4 is 23.4 Å². The Labute approximate surface area is 89.7 Å². The van der Waals surface area contributed by atoms with Crippen molar-refractivity contribution in [1.82, 2.24) is 0 Å². The Balaban J connectivity index is 2.69. The molecule has 0 N–H and O–H groups in total. The summed E-state index contributed by atoms with van der Waals surface area (Å²) in [5.74, 6) is 0. The molecule has 0 aliphatic rings. The van der Waals surface area contributed by atoms with Crippen LogP contribution in [0.1, 0.15) is 20.8 Å². The predicted molar refractivity (Wildman–Crippen MR) is 61.7 cm³/mol. The van der Waals surface area contributed by atoms with Gasteiger partial charge >= 0.3 is 0 Å². The minimum absolute atomic E-state index is 0.0862. The van der Waals surface area contributed by atoms with E-state index in [1.807, 2.05) is 24.8 Å². The van der Waals surface area contributed by atoms with Crippen LogP contribution in [0.25, 0.3) is 0 Å². The first-order valence-corrected chi connectivity index (χ1v) is 5.66. The van der Waals surface area contributed by atoms with Crippen LogP contribution in [-0.2, 0) is 0 Å². The summed E-state index contributed by atoms with van der Waals surface area (Å²) in [6.45, 7) is 6.38. The van der Waals surface area contributed by atoms with Crippen molar-refractivity contribution in [2.24, 2.45) is 0 Å². The Bertz CT molecular complexity index is 254. The van der Waals surface area contributed by atoms with E-state index in [2.05, 4.69) is 38.1 Å². The van der Waals surface area contributed by atoms with Gasteiger partial charge in [0.2, 0.25) is 0 Å². The fourth-order valence-corrected chi connectivity index (χ4v) is 2.07. The standard InChI is InChI=1S/C11H15ClS/c1-9(12)11(2,3)13-10-7-5-4-6-8-10/h4-9H,1-3H3. The van der Waals surface area contributed by atoms with Gasteiger partial charge in [0.05, 0.1) is 0 Å². The van der Waals surface area contributed by atoms with Crippen LogP contribution in [0.5, 0.6) is 0 Å². The zero-order valence-corrected chi connectivity index (χ0v) is 9.82. The second kappa shape index (κ2) is 4.39. The minimum atomic E-state index is 0.0862. The van der Waals surface area contributed by atoms with Crippen LogP contribution in [0, 0.1) is 0 Å². The number of hydrogen-bond acceptors (Lipinski definition) is 1. The molecular formula is C11H15ClS. The highest BCUT2D eigenvalue weighted by atomic mass is 35.5.